The first-order valence-electron chi connectivity index (χ1n) is 4.54. The molecule has 0 amide bonds. The molecule has 3 heteroatoms. The van der Waals surface area contributed by atoms with Gasteiger partial charge in [-0.2, -0.15) is 0 Å². The summed E-state index contributed by atoms with van der Waals surface area (Å²) >= 11 is 0. The third kappa shape index (κ3) is 2.49. The second kappa shape index (κ2) is 4.13. The molecule has 0 saturated heterocycles. The van der Waals surface area contributed by atoms with E-state index in [1.165, 1.54) is 5.56 Å². The maximum Gasteiger partial charge on any atom is 0.145 e. The molecule has 1 rings (SSSR count). The molecule has 3 nitrogen and oxygen atoms in total. The molecule has 0 heterocycles. The van der Waals surface area contributed by atoms with Crippen molar-refractivity contribution in [2.75, 3.05) is 6.61 Å². The molecule has 0 aliphatic carbocycles. The summed E-state index contributed by atoms with van der Waals surface area (Å²) in [5.41, 5.74) is 8.69. The Bertz CT molecular complexity index is 359. The lowest BCUT2D eigenvalue weighted by Gasteiger charge is -2.11. The lowest BCUT2D eigenvalue weighted by molar-refractivity contribution is 0.371. The highest BCUT2D eigenvalue weighted by Gasteiger charge is 2.03. The summed E-state index contributed by atoms with van der Waals surface area (Å²) in [4.78, 5) is 0. The highest BCUT2D eigenvalue weighted by Crippen LogP contribution is 2.22. The Morgan fingerprint density at radius 3 is 2.57 bits per heavy atom. The SMILES string of the molecule is Cc1cc(C)c(C)c(OCC(=N)N)c1. The first-order chi connectivity index (χ1) is 6.50. The number of hydrogen-bond donors (Lipinski definition) is 2. The highest BCUT2D eigenvalue weighted by atomic mass is 16.5. The molecule has 0 unspecified atom stereocenters. The second-order valence-electron chi connectivity index (χ2n) is 3.52. The minimum absolute atomic E-state index is 0.0450. The van der Waals surface area contributed by atoms with Crippen molar-refractivity contribution in [1.29, 1.82) is 5.41 Å². The molecular weight excluding hydrogens is 176 g/mol. The van der Waals surface area contributed by atoms with Crippen LogP contribution < -0.4 is 10.5 Å². The van der Waals surface area contributed by atoms with Crippen LogP contribution in [0.5, 0.6) is 5.75 Å². The van der Waals surface area contributed by atoms with Crippen molar-refractivity contribution in [1.82, 2.24) is 0 Å². The lowest BCUT2D eigenvalue weighted by atomic mass is 10.1. The Balaban J connectivity index is 2.90. The minimum Gasteiger partial charge on any atom is -0.485 e. The number of amidine groups is 1. The summed E-state index contributed by atoms with van der Waals surface area (Å²) in [5.74, 6) is 0.862. The van der Waals surface area contributed by atoms with Crippen LogP contribution in [0.25, 0.3) is 0 Å². The van der Waals surface area contributed by atoms with E-state index in [1.54, 1.807) is 0 Å². The fourth-order valence-electron chi connectivity index (χ4n) is 1.31. The molecule has 0 atom stereocenters. The maximum atomic E-state index is 7.07. The zero-order valence-corrected chi connectivity index (χ0v) is 8.85. The standard InChI is InChI=1S/C11H16N2O/c1-7-4-8(2)9(3)10(5-7)14-6-11(12)13/h4-5H,6H2,1-3H3,(H3,12,13). The number of benzene rings is 1. The van der Waals surface area contributed by atoms with Crippen LogP contribution in [-0.2, 0) is 0 Å². The molecule has 1 aromatic carbocycles. The monoisotopic (exact) mass is 192 g/mol. The van der Waals surface area contributed by atoms with Crippen molar-refractivity contribution in [3.05, 3.63) is 28.8 Å². The number of nitrogens with two attached hydrogens (primary N) is 1. The second-order valence-corrected chi connectivity index (χ2v) is 3.52. The van der Waals surface area contributed by atoms with Crippen LogP contribution in [0.15, 0.2) is 12.1 Å². The third-order valence-corrected chi connectivity index (χ3v) is 2.15. The van der Waals surface area contributed by atoms with Crippen LogP contribution >= 0.6 is 0 Å². The van der Waals surface area contributed by atoms with Crippen molar-refractivity contribution >= 4 is 5.84 Å². The van der Waals surface area contributed by atoms with Gasteiger partial charge in [0.25, 0.3) is 0 Å². The van der Waals surface area contributed by atoms with Gasteiger partial charge in [-0.25, -0.2) is 0 Å². The van der Waals surface area contributed by atoms with Gasteiger partial charge >= 0.3 is 0 Å². The largest absolute Gasteiger partial charge is 0.485 e. The zero-order valence-electron chi connectivity index (χ0n) is 8.85. The van der Waals surface area contributed by atoms with E-state index < -0.39 is 0 Å². The molecule has 0 radical (unpaired) electrons. The van der Waals surface area contributed by atoms with Gasteiger partial charge < -0.3 is 10.5 Å². The zero-order chi connectivity index (χ0) is 10.7. The predicted octanol–water partition coefficient (Wildman–Crippen LogP) is 1.93. The number of ether oxygens (including phenoxy) is 1. The van der Waals surface area contributed by atoms with Crippen molar-refractivity contribution in [2.24, 2.45) is 5.73 Å². The Morgan fingerprint density at radius 2 is 2.00 bits per heavy atom. The molecule has 3 N–H and O–H groups in total. The summed E-state index contributed by atoms with van der Waals surface area (Å²) < 4.78 is 5.41. The van der Waals surface area contributed by atoms with Crippen molar-refractivity contribution < 1.29 is 4.74 Å². The summed E-state index contributed by atoms with van der Waals surface area (Å²) in [5, 5.41) is 7.07. The summed E-state index contributed by atoms with van der Waals surface area (Å²) in [7, 11) is 0. The lowest BCUT2D eigenvalue weighted by Crippen LogP contribution is -2.19. The number of hydrogen-bond acceptors (Lipinski definition) is 2. The van der Waals surface area contributed by atoms with E-state index in [1.807, 2.05) is 26.8 Å². The van der Waals surface area contributed by atoms with Crippen molar-refractivity contribution in [3.63, 3.8) is 0 Å². The van der Waals surface area contributed by atoms with E-state index >= 15 is 0 Å². The van der Waals surface area contributed by atoms with Gasteiger partial charge in [0, 0.05) is 0 Å². The first-order valence-corrected chi connectivity index (χ1v) is 4.54. The molecule has 0 saturated carbocycles. The van der Waals surface area contributed by atoms with Gasteiger partial charge in [-0.1, -0.05) is 6.07 Å². The number of aryl methyl sites for hydroxylation is 2. The van der Waals surface area contributed by atoms with E-state index in [0.29, 0.717) is 0 Å². The molecule has 76 valence electrons. The quantitative estimate of drug-likeness (QED) is 0.568. The summed E-state index contributed by atoms with van der Waals surface area (Å²) in [6.45, 7) is 6.23. The average Bonchev–Trinajstić information content (AvgIpc) is 2.08. The molecule has 0 spiro atoms. The Hall–Kier alpha value is -1.51. The molecule has 0 bridgehead atoms. The van der Waals surface area contributed by atoms with Crippen LogP contribution in [0.3, 0.4) is 0 Å². The van der Waals surface area contributed by atoms with Gasteiger partial charge in [-0.05, 0) is 43.5 Å². The van der Waals surface area contributed by atoms with Crippen LogP contribution in [0, 0.1) is 26.2 Å². The van der Waals surface area contributed by atoms with E-state index in [9.17, 15) is 0 Å². The van der Waals surface area contributed by atoms with Crippen LogP contribution in [0.2, 0.25) is 0 Å². The van der Waals surface area contributed by atoms with Gasteiger partial charge in [0.2, 0.25) is 0 Å². The van der Waals surface area contributed by atoms with E-state index in [0.717, 1.165) is 16.9 Å². The molecule has 0 aromatic heterocycles. The Morgan fingerprint density at radius 1 is 1.36 bits per heavy atom. The normalized spacial score (nSPS) is 9.93. The van der Waals surface area contributed by atoms with E-state index in [4.69, 9.17) is 15.9 Å². The van der Waals surface area contributed by atoms with Gasteiger partial charge in [0.15, 0.2) is 0 Å². The maximum absolute atomic E-state index is 7.07. The molecule has 14 heavy (non-hydrogen) atoms. The molecular formula is C11H16N2O. The third-order valence-electron chi connectivity index (χ3n) is 2.15. The fourth-order valence-corrected chi connectivity index (χ4v) is 1.31. The van der Waals surface area contributed by atoms with Crippen molar-refractivity contribution in [2.45, 2.75) is 20.8 Å². The molecule has 1 aromatic rings. The molecule has 0 fully saturated rings. The molecule has 0 aliphatic heterocycles. The van der Waals surface area contributed by atoms with Gasteiger partial charge in [0.1, 0.15) is 18.2 Å². The Kier molecular flexibility index (Phi) is 3.12. The van der Waals surface area contributed by atoms with Crippen molar-refractivity contribution in [3.8, 4) is 5.75 Å². The number of nitrogens with one attached hydrogen (secondary N) is 1. The number of rotatable bonds is 3. The minimum atomic E-state index is 0.0450. The van der Waals surface area contributed by atoms with Gasteiger partial charge in [-0.3, -0.25) is 5.41 Å². The first kappa shape index (κ1) is 10.6. The summed E-state index contributed by atoms with van der Waals surface area (Å²) in [6.07, 6.45) is 0. The predicted molar refractivity (Wildman–Crippen MR) is 58.1 cm³/mol. The smallest absolute Gasteiger partial charge is 0.145 e. The van der Waals surface area contributed by atoms with E-state index in [2.05, 4.69) is 6.07 Å². The van der Waals surface area contributed by atoms with Crippen LogP contribution in [-0.4, -0.2) is 12.4 Å². The van der Waals surface area contributed by atoms with E-state index in [-0.39, 0.29) is 12.4 Å². The Labute approximate surface area is 84.4 Å². The topological polar surface area (TPSA) is 59.1 Å². The average molecular weight is 192 g/mol. The van der Waals surface area contributed by atoms with Gasteiger partial charge in [-0.15, -0.1) is 0 Å². The fraction of sp³-hybridized carbons (Fsp3) is 0.364. The summed E-state index contributed by atoms with van der Waals surface area (Å²) in [6, 6.07) is 4.07. The van der Waals surface area contributed by atoms with Gasteiger partial charge in [0.05, 0.1) is 0 Å². The molecule has 0 aliphatic rings. The van der Waals surface area contributed by atoms with Crippen LogP contribution in [0.1, 0.15) is 16.7 Å². The highest BCUT2D eigenvalue weighted by molar-refractivity contribution is 5.78. The van der Waals surface area contributed by atoms with Crippen LogP contribution in [0.4, 0.5) is 0 Å².